The molecule has 0 heterocycles. The number of allylic oxidation sites excluding steroid dienone is 4. The fourth-order valence-electron chi connectivity index (χ4n) is 7.44. The summed E-state index contributed by atoms with van der Waals surface area (Å²) in [4.78, 5) is 24.4. The quantitative estimate of drug-likeness (QED) is 0.479. The molecule has 0 saturated heterocycles. The van der Waals surface area contributed by atoms with Gasteiger partial charge in [0, 0.05) is 17.8 Å². The summed E-state index contributed by atoms with van der Waals surface area (Å²) in [6.45, 7) is 6.22. The van der Waals surface area contributed by atoms with Crippen LogP contribution >= 0.6 is 0 Å². The van der Waals surface area contributed by atoms with Gasteiger partial charge in [-0.05, 0) is 99.1 Å². The van der Waals surface area contributed by atoms with Crippen molar-refractivity contribution < 1.29 is 19.4 Å². The molecule has 4 heteroatoms. The molecule has 1 N–H and O–H groups in total. The monoisotopic (exact) mass is 458 g/mol. The van der Waals surface area contributed by atoms with Crippen LogP contribution in [0.5, 0.6) is 0 Å². The van der Waals surface area contributed by atoms with Gasteiger partial charge in [0.25, 0.3) is 0 Å². The third kappa shape index (κ3) is 3.48. The maximum absolute atomic E-state index is 12.2. The zero-order chi connectivity index (χ0) is 24.1. The zero-order valence-electron chi connectivity index (χ0n) is 20.4. The van der Waals surface area contributed by atoms with Crippen LogP contribution in [0.15, 0.2) is 47.1 Å². The Morgan fingerprint density at radius 2 is 1.94 bits per heavy atom. The molecule has 34 heavy (non-hydrogen) atoms. The molecule has 0 spiro atoms. The van der Waals surface area contributed by atoms with Crippen LogP contribution in [0.25, 0.3) is 0 Å². The summed E-state index contributed by atoms with van der Waals surface area (Å²) in [5, 5.41) is 11.7. The first kappa shape index (κ1) is 23.1. The fraction of sp³-hybridized carbons (Fsp3) is 0.533. The molecule has 0 radical (unpaired) electrons. The van der Waals surface area contributed by atoms with Crippen molar-refractivity contribution in [2.45, 2.75) is 77.2 Å². The number of rotatable bonds is 3. The minimum absolute atomic E-state index is 0.137. The minimum Gasteiger partial charge on any atom is -0.462 e. The standard InChI is InChI=1S/C30H34O4/c1-4-15-30(33)16-14-26-24-12-10-21-17-22(31)11-13-23(21)27(24)25(18-29(26,30)3)19-6-8-20(9-7-19)28(32)34-5-2/h6-9,17,24-26,33H,5,10-14,16,18H2,1-3H3/t24-,25+,26?,29-,30-/m0/s1. The summed E-state index contributed by atoms with van der Waals surface area (Å²) in [6.07, 6.45) is 7.74. The molecule has 0 amide bonds. The van der Waals surface area contributed by atoms with Gasteiger partial charge >= 0.3 is 5.97 Å². The molecule has 0 aliphatic heterocycles. The van der Waals surface area contributed by atoms with Gasteiger partial charge < -0.3 is 9.84 Å². The van der Waals surface area contributed by atoms with E-state index in [0.717, 1.165) is 37.7 Å². The number of hydrogen-bond donors (Lipinski definition) is 1. The molecule has 1 aromatic carbocycles. The van der Waals surface area contributed by atoms with Crippen LogP contribution in [0.4, 0.5) is 0 Å². The number of ketones is 1. The number of ether oxygens (including phenoxy) is 1. The average Bonchev–Trinajstić information content (AvgIpc) is 3.09. The lowest BCUT2D eigenvalue weighted by atomic mass is 9.51. The number of aliphatic hydroxyl groups is 1. The van der Waals surface area contributed by atoms with Crippen LogP contribution in [-0.2, 0) is 9.53 Å². The van der Waals surface area contributed by atoms with Gasteiger partial charge in [-0.1, -0.05) is 30.6 Å². The number of hydrogen-bond acceptors (Lipinski definition) is 4. The van der Waals surface area contributed by atoms with E-state index in [-0.39, 0.29) is 23.1 Å². The highest BCUT2D eigenvalue weighted by molar-refractivity contribution is 5.93. The van der Waals surface area contributed by atoms with Gasteiger partial charge in [-0.15, -0.1) is 5.92 Å². The van der Waals surface area contributed by atoms with Gasteiger partial charge in [0.05, 0.1) is 12.2 Å². The van der Waals surface area contributed by atoms with Crippen LogP contribution in [-0.4, -0.2) is 29.1 Å². The van der Waals surface area contributed by atoms with Crippen molar-refractivity contribution in [2.75, 3.05) is 6.61 Å². The maximum atomic E-state index is 12.2. The molecule has 2 saturated carbocycles. The molecule has 5 rings (SSSR count). The van der Waals surface area contributed by atoms with Gasteiger partial charge in [-0.2, -0.15) is 0 Å². The summed E-state index contributed by atoms with van der Waals surface area (Å²) in [7, 11) is 0. The molecule has 0 bridgehead atoms. The molecule has 1 aromatic rings. The highest BCUT2D eigenvalue weighted by Crippen LogP contribution is 2.66. The van der Waals surface area contributed by atoms with Crippen LogP contribution in [0, 0.1) is 29.1 Å². The van der Waals surface area contributed by atoms with Gasteiger partial charge in [0.15, 0.2) is 5.78 Å². The number of benzene rings is 1. The molecule has 4 aliphatic carbocycles. The Kier molecular flexibility index (Phi) is 5.81. The Labute approximate surface area is 202 Å². The molecule has 178 valence electrons. The van der Waals surface area contributed by atoms with Crippen LogP contribution in [0.1, 0.15) is 87.6 Å². The second-order valence-corrected chi connectivity index (χ2v) is 10.6. The molecule has 4 nitrogen and oxygen atoms in total. The summed E-state index contributed by atoms with van der Waals surface area (Å²) in [5.74, 6) is 7.05. The molecular weight excluding hydrogens is 424 g/mol. The largest absolute Gasteiger partial charge is 0.462 e. The first-order valence-electron chi connectivity index (χ1n) is 12.7. The van der Waals surface area contributed by atoms with Crippen LogP contribution < -0.4 is 0 Å². The van der Waals surface area contributed by atoms with Crippen molar-refractivity contribution >= 4 is 11.8 Å². The normalized spacial score (nSPS) is 34.3. The lowest BCUT2D eigenvalue weighted by Crippen LogP contribution is -2.51. The first-order valence-corrected chi connectivity index (χ1v) is 12.7. The van der Waals surface area contributed by atoms with E-state index in [1.807, 2.05) is 32.1 Å². The lowest BCUT2D eigenvalue weighted by Gasteiger charge is -2.53. The van der Waals surface area contributed by atoms with Gasteiger partial charge in [-0.3, -0.25) is 4.79 Å². The first-order chi connectivity index (χ1) is 16.3. The van der Waals surface area contributed by atoms with Gasteiger partial charge in [-0.25, -0.2) is 4.79 Å². The second kappa shape index (κ2) is 8.54. The lowest BCUT2D eigenvalue weighted by molar-refractivity contribution is -0.114. The van der Waals surface area contributed by atoms with Gasteiger partial charge in [0.2, 0.25) is 0 Å². The van der Waals surface area contributed by atoms with E-state index in [1.165, 1.54) is 16.7 Å². The molecule has 2 fully saturated rings. The Hall–Kier alpha value is -2.64. The van der Waals surface area contributed by atoms with E-state index in [4.69, 9.17) is 4.74 Å². The second-order valence-electron chi connectivity index (χ2n) is 10.6. The highest BCUT2D eigenvalue weighted by Gasteiger charge is 2.62. The van der Waals surface area contributed by atoms with E-state index >= 15 is 0 Å². The predicted octanol–water partition coefficient (Wildman–Crippen LogP) is 5.52. The SMILES string of the molecule is CC#C[C@]1(O)CCC2[C@@H]3CCC4=CC(=O)CCC4=C3[C@@H](c3ccc(C(=O)OCC)cc3)C[C@@]21C. The Balaban J connectivity index is 1.63. The number of fused-ring (bicyclic) bond motifs is 4. The number of carbonyl (C=O) groups excluding carboxylic acids is 2. The summed E-state index contributed by atoms with van der Waals surface area (Å²) < 4.78 is 5.17. The van der Waals surface area contributed by atoms with Crippen molar-refractivity contribution in [2.24, 2.45) is 17.3 Å². The van der Waals surface area contributed by atoms with E-state index < -0.39 is 5.60 Å². The Bertz CT molecular complexity index is 1140. The van der Waals surface area contributed by atoms with Crippen LogP contribution in [0.2, 0.25) is 0 Å². The summed E-state index contributed by atoms with van der Waals surface area (Å²) >= 11 is 0. The number of esters is 1. The van der Waals surface area contributed by atoms with Crippen molar-refractivity contribution in [3.63, 3.8) is 0 Å². The van der Waals surface area contributed by atoms with E-state index in [1.54, 1.807) is 0 Å². The zero-order valence-corrected chi connectivity index (χ0v) is 20.4. The third-order valence-electron chi connectivity index (χ3n) is 9.04. The van der Waals surface area contributed by atoms with Gasteiger partial charge in [0.1, 0.15) is 5.60 Å². The fourth-order valence-corrected chi connectivity index (χ4v) is 7.44. The maximum Gasteiger partial charge on any atom is 0.338 e. The third-order valence-corrected chi connectivity index (χ3v) is 9.04. The molecule has 4 aliphatic rings. The van der Waals surface area contributed by atoms with E-state index in [9.17, 15) is 14.7 Å². The number of carbonyl (C=O) groups is 2. The summed E-state index contributed by atoms with van der Waals surface area (Å²) in [6, 6.07) is 7.82. The molecule has 5 atom stereocenters. The van der Waals surface area contributed by atoms with E-state index in [2.05, 4.69) is 30.9 Å². The Morgan fingerprint density at radius 1 is 1.18 bits per heavy atom. The van der Waals surface area contributed by atoms with Crippen molar-refractivity contribution in [1.82, 2.24) is 0 Å². The van der Waals surface area contributed by atoms with Crippen molar-refractivity contribution in [3.8, 4) is 11.8 Å². The van der Waals surface area contributed by atoms with Crippen molar-refractivity contribution in [3.05, 3.63) is 58.2 Å². The predicted molar refractivity (Wildman–Crippen MR) is 131 cm³/mol. The summed E-state index contributed by atoms with van der Waals surface area (Å²) in [5.41, 5.74) is 4.52. The smallest absolute Gasteiger partial charge is 0.338 e. The highest BCUT2D eigenvalue weighted by atomic mass is 16.5. The Morgan fingerprint density at radius 3 is 2.65 bits per heavy atom. The van der Waals surface area contributed by atoms with E-state index in [0.29, 0.717) is 36.8 Å². The average molecular weight is 459 g/mol. The molecular formula is C30H34O4. The molecule has 0 aromatic heterocycles. The van der Waals surface area contributed by atoms with Crippen molar-refractivity contribution in [1.29, 1.82) is 0 Å². The molecule has 1 unspecified atom stereocenters. The van der Waals surface area contributed by atoms with Crippen LogP contribution in [0.3, 0.4) is 0 Å². The minimum atomic E-state index is -0.982. The topological polar surface area (TPSA) is 63.6 Å².